The molecule has 5 N–H and O–H groups in total. The molecular formula is C20H34N4O12. The fraction of sp³-hybridized carbons (Fsp3) is 0.950. The molecule has 36 heavy (non-hydrogen) atoms. The third-order valence-corrected chi connectivity index (χ3v) is 5.82. The Morgan fingerprint density at radius 3 is 2.31 bits per heavy atom. The molecule has 0 aromatic carbocycles. The van der Waals surface area contributed by atoms with Crippen LogP contribution in [0.4, 0.5) is 0 Å². The Labute approximate surface area is 206 Å². The smallest absolute Gasteiger partial charge is 0.227 e. The van der Waals surface area contributed by atoms with Crippen LogP contribution in [0.25, 0.3) is 10.4 Å². The minimum Gasteiger partial charge on any atom is -0.450 e. The van der Waals surface area contributed by atoms with Crippen molar-refractivity contribution in [2.45, 2.75) is 68.3 Å². The van der Waals surface area contributed by atoms with Gasteiger partial charge in [-0.2, -0.15) is 0 Å². The highest BCUT2D eigenvalue weighted by Crippen LogP contribution is 2.32. The van der Waals surface area contributed by atoms with E-state index in [1.165, 1.54) is 0 Å². The van der Waals surface area contributed by atoms with Gasteiger partial charge in [-0.25, -0.2) is 4.99 Å². The molecule has 0 aromatic rings. The number of aliphatic imine (C=N–C) groups is 1. The van der Waals surface area contributed by atoms with Gasteiger partial charge in [0, 0.05) is 18.4 Å². The predicted molar refractivity (Wildman–Crippen MR) is 118 cm³/mol. The van der Waals surface area contributed by atoms with Gasteiger partial charge in [-0.05, 0) is 5.53 Å². The maximum atomic E-state index is 10.8. The summed E-state index contributed by atoms with van der Waals surface area (Å²) in [5, 5.41) is 54.8. The number of fused-ring (bicyclic) bond motifs is 1. The van der Waals surface area contributed by atoms with E-state index in [-0.39, 0.29) is 26.4 Å². The lowest BCUT2D eigenvalue weighted by atomic mass is 9.96. The average Bonchev–Trinajstić information content (AvgIpc) is 3.25. The molecule has 0 unspecified atom stereocenters. The molecule has 0 aliphatic carbocycles. The van der Waals surface area contributed by atoms with Gasteiger partial charge >= 0.3 is 0 Å². The summed E-state index contributed by atoms with van der Waals surface area (Å²) in [6, 6.07) is -0.801. The van der Waals surface area contributed by atoms with Gasteiger partial charge in [0.25, 0.3) is 0 Å². The lowest BCUT2D eigenvalue weighted by molar-refractivity contribution is -0.342. The monoisotopic (exact) mass is 522 g/mol. The first kappa shape index (κ1) is 28.9. The normalized spacial score (nSPS) is 38.1. The lowest BCUT2D eigenvalue weighted by Crippen LogP contribution is -2.64. The quantitative estimate of drug-likeness (QED) is 0.0687. The maximum absolute atomic E-state index is 10.8. The second-order valence-corrected chi connectivity index (χ2v) is 8.34. The van der Waals surface area contributed by atoms with Crippen molar-refractivity contribution in [2.24, 2.45) is 10.1 Å². The number of nitrogens with zero attached hydrogens (tertiary/aromatic N) is 4. The summed E-state index contributed by atoms with van der Waals surface area (Å²) >= 11 is 0. The second-order valence-electron chi connectivity index (χ2n) is 8.34. The lowest BCUT2D eigenvalue weighted by Gasteiger charge is -2.45. The van der Waals surface area contributed by atoms with Crippen molar-refractivity contribution in [1.82, 2.24) is 0 Å². The summed E-state index contributed by atoms with van der Waals surface area (Å²) in [7, 11) is 0. The molecule has 3 aliphatic heterocycles. The fourth-order valence-corrected chi connectivity index (χ4v) is 3.97. The van der Waals surface area contributed by atoms with Gasteiger partial charge in [0.2, 0.25) is 6.29 Å². The summed E-state index contributed by atoms with van der Waals surface area (Å²) in [4.78, 5) is 6.78. The van der Waals surface area contributed by atoms with E-state index in [1.54, 1.807) is 6.92 Å². The highest BCUT2D eigenvalue weighted by atomic mass is 16.7. The zero-order valence-electron chi connectivity index (χ0n) is 19.8. The van der Waals surface area contributed by atoms with Crippen molar-refractivity contribution >= 4 is 5.90 Å². The number of azide groups is 1. The Morgan fingerprint density at radius 1 is 0.917 bits per heavy atom. The molecule has 2 fully saturated rings. The van der Waals surface area contributed by atoms with E-state index in [9.17, 15) is 25.5 Å². The number of hydrogen-bond acceptors (Lipinski definition) is 14. The first-order chi connectivity index (χ1) is 17.4. The third-order valence-electron chi connectivity index (χ3n) is 5.82. The summed E-state index contributed by atoms with van der Waals surface area (Å²) < 4.78 is 38.4. The zero-order chi connectivity index (χ0) is 26.1. The van der Waals surface area contributed by atoms with Crippen LogP contribution >= 0.6 is 0 Å². The molecule has 16 heteroatoms. The highest BCUT2D eigenvalue weighted by Gasteiger charge is 2.52. The summed E-state index contributed by atoms with van der Waals surface area (Å²) in [6.07, 6.45) is -11.6. The molecule has 3 aliphatic rings. The largest absolute Gasteiger partial charge is 0.450 e. The Hall–Kier alpha value is -1.66. The van der Waals surface area contributed by atoms with Crippen LogP contribution in [0.3, 0.4) is 0 Å². The van der Waals surface area contributed by atoms with Crippen molar-refractivity contribution in [3.8, 4) is 0 Å². The summed E-state index contributed by atoms with van der Waals surface area (Å²) in [6.45, 7) is 2.46. The van der Waals surface area contributed by atoms with Crippen molar-refractivity contribution in [3.05, 3.63) is 10.4 Å². The number of hydrogen-bond donors (Lipinski definition) is 5. The van der Waals surface area contributed by atoms with Crippen molar-refractivity contribution in [1.29, 1.82) is 0 Å². The molecule has 0 spiro atoms. The van der Waals surface area contributed by atoms with Gasteiger partial charge in [-0.1, -0.05) is 5.11 Å². The van der Waals surface area contributed by atoms with E-state index in [0.29, 0.717) is 25.7 Å². The van der Waals surface area contributed by atoms with Crippen LogP contribution in [-0.2, 0) is 33.2 Å². The van der Waals surface area contributed by atoms with Crippen molar-refractivity contribution < 1.29 is 58.7 Å². The van der Waals surface area contributed by atoms with E-state index in [1.807, 2.05) is 0 Å². The Balaban J connectivity index is 1.44. The molecule has 0 radical (unpaired) electrons. The van der Waals surface area contributed by atoms with E-state index >= 15 is 0 Å². The number of rotatable bonds is 14. The fourth-order valence-electron chi connectivity index (χ4n) is 3.97. The molecule has 3 rings (SSSR count). The highest BCUT2D eigenvalue weighted by molar-refractivity contribution is 5.75. The molecule has 206 valence electrons. The first-order valence-corrected chi connectivity index (χ1v) is 11.6. The van der Waals surface area contributed by atoms with E-state index < -0.39 is 68.0 Å². The van der Waals surface area contributed by atoms with Gasteiger partial charge in [0.05, 0.1) is 46.2 Å². The first-order valence-electron chi connectivity index (χ1n) is 11.6. The SMILES string of the molecule is CC1=N[C@H]2[C@@H](O1)O[C@H](CO)[C@@H](O[C@@H]1O[C@H](COCCOCCOCCN=[N+]=[N-])[C@H](O)[C@H](O)[C@H]1O)[C@@H]2O. The van der Waals surface area contributed by atoms with E-state index in [2.05, 4.69) is 15.0 Å². The standard InChI is InChI=1S/C20H34N4O12/c1-10-23-13-15(27)18(11(8-25)34-19(13)33-10)36-20-17(29)16(28)14(26)12(35-20)9-32-7-6-31-5-4-30-3-2-22-24-21/h11-20,25-29H,2-9H2,1H3/t11-,12-,13-,14+,15-,16+,17-,18-,19+,20+/m1/s1. The Morgan fingerprint density at radius 2 is 1.61 bits per heavy atom. The minimum absolute atomic E-state index is 0.147. The molecule has 0 bridgehead atoms. The summed E-state index contributed by atoms with van der Waals surface area (Å²) in [5.41, 5.74) is 8.16. The third kappa shape index (κ3) is 7.44. The Bertz CT molecular complexity index is 756. The predicted octanol–water partition coefficient (Wildman–Crippen LogP) is -2.57. The molecule has 3 heterocycles. The number of aliphatic hydroxyl groups is 5. The number of ether oxygens (including phenoxy) is 7. The van der Waals surface area contributed by atoms with Crippen LogP contribution in [0.1, 0.15) is 6.92 Å². The van der Waals surface area contributed by atoms with Gasteiger partial charge < -0.3 is 58.7 Å². The van der Waals surface area contributed by atoms with E-state index in [4.69, 9.17) is 38.7 Å². The van der Waals surface area contributed by atoms with Gasteiger partial charge in [0.15, 0.2) is 12.2 Å². The Kier molecular flexibility index (Phi) is 11.5. The topological polar surface area (TPSA) is 227 Å². The van der Waals surface area contributed by atoms with Gasteiger partial charge in [0.1, 0.15) is 48.8 Å². The van der Waals surface area contributed by atoms with Gasteiger partial charge in [-0.15, -0.1) is 0 Å². The van der Waals surface area contributed by atoms with E-state index in [0.717, 1.165) is 0 Å². The van der Waals surface area contributed by atoms with Crippen LogP contribution in [-0.4, -0.2) is 146 Å². The van der Waals surface area contributed by atoms with Gasteiger partial charge in [-0.3, -0.25) is 0 Å². The maximum Gasteiger partial charge on any atom is 0.227 e. The van der Waals surface area contributed by atoms with Crippen LogP contribution in [0.5, 0.6) is 0 Å². The molecule has 16 nitrogen and oxygen atoms in total. The number of aliphatic hydroxyl groups excluding tert-OH is 5. The van der Waals surface area contributed by atoms with Crippen molar-refractivity contribution in [2.75, 3.05) is 52.8 Å². The average molecular weight is 523 g/mol. The second kappa shape index (κ2) is 14.3. The molecule has 0 saturated carbocycles. The van der Waals surface area contributed by atoms with Crippen LogP contribution in [0.2, 0.25) is 0 Å². The molecule has 0 aromatic heterocycles. The molecule has 0 amide bonds. The van der Waals surface area contributed by atoms with Crippen molar-refractivity contribution in [3.63, 3.8) is 0 Å². The zero-order valence-corrected chi connectivity index (χ0v) is 19.8. The molecule has 2 saturated heterocycles. The molecular weight excluding hydrogens is 488 g/mol. The van der Waals surface area contributed by atoms with Crippen LogP contribution in [0, 0.1) is 0 Å². The van der Waals surface area contributed by atoms with Crippen LogP contribution in [0.15, 0.2) is 10.1 Å². The molecule has 10 atom stereocenters. The van der Waals surface area contributed by atoms with Crippen LogP contribution < -0.4 is 0 Å². The minimum atomic E-state index is -1.65. The summed E-state index contributed by atoms with van der Waals surface area (Å²) in [5.74, 6) is 0.313.